The lowest BCUT2D eigenvalue weighted by Crippen LogP contribution is -2.44. The maximum absolute atomic E-state index is 5.51. The van der Waals surface area contributed by atoms with Gasteiger partial charge < -0.3 is 4.52 Å². The Labute approximate surface area is 134 Å². The van der Waals surface area contributed by atoms with Gasteiger partial charge in [0.25, 0.3) is 0 Å². The first-order valence-electron chi connectivity index (χ1n) is 7.86. The molecule has 22 heavy (non-hydrogen) atoms. The molecule has 2 aliphatic heterocycles. The molecule has 1 unspecified atom stereocenters. The molecular formula is C15H21N5OS. The molecule has 6 nitrogen and oxygen atoms in total. The monoisotopic (exact) mass is 319 g/mol. The van der Waals surface area contributed by atoms with Gasteiger partial charge in [-0.25, -0.2) is 4.98 Å². The second-order valence-electron chi connectivity index (χ2n) is 6.38. The van der Waals surface area contributed by atoms with E-state index >= 15 is 0 Å². The van der Waals surface area contributed by atoms with Crippen molar-refractivity contribution in [1.29, 1.82) is 0 Å². The number of thiazole rings is 1. The van der Waals surface area contributed by atoms with Crippen LogP contribution in [0.5, 0.6) is 0 Å². The van der Waals surface area contributed by atoms with Crippen LogP contribution in [0.25, 0.3) is 0 Å². The average molecular weight is 319 g/mol. The van der Waals surface area contributed by atoms with E-state index in [2.05, 4.69) is 38.9 Å². The van der Waals surface area contributed by atoms with Crippen molar-refractivity contribution in [3.05, 3.63) is 27.8 Å². The van der Waals surface area contributed by atoms with E-state index < -0.39 is 0 Å². The highest BCUT2D eigenvalue weighted by molar-refractivity contribution is 7.09. The Bertz CT molecular complexity index is 648. The van der Waals surface area contributed by atoms with Crippen LogP contribution in [0.3, 0.4) is 0 Å². The molecule has 0 amide bonds. The first-order chi connectivity index (χ1) is 10.7. The molecule has 2 aromatic rings. The Morgan fingerprint density at radius 2 is 2.27 bits per heavy atom. The van der Waals surface area contributed by atoms with Crippen molar-refractivity contribution in [2.75, 3.05) is 26.7 Å². The van der Waals surface area contributed by atoms with E-state index in [0.717, 1.165) is 50.0 Å². The van der Waals surface area contributed by atoms with Gasteiger partial charge in [-0.1, -0.05) is 5.16 Å². The molecule has 4 rings (SSSR count). The summed E-state index contributed by atoms with van der Waals surface area (Å²) in [5.74, 6) is 2.09. The van der Waals surface area contributed by atoms with Crippen molar-refractivity contribution >= 4 is 11.3 Å². The smallest absolute Gasteiger partial charge is 0.243 e. The maximum Gasteiger partial charge on any atom is 0.243 e. The van der Waals surface area contributed by atoms with Gasteiger partial charge >= 0.3 is 0 Å². The van der Waals surface area contributed by atoms with Crippen LogP contribution in [0.15, 0.2) is 10.0 Å². The maximum atomic E-state index is 5.51. The second kappa shape index (κ2) is 5.72. The lowest BCUT2D eigenvalue weighted by Gasteiger charge is -2.37. The Morgan fingerprint density at radius 1 is 1.41 bits per heavy atom. The van der Waals surface area contributed by atoms with Gasteiger partial charge in [0.15, 0.2) is 5.82 Å². The van der Waals surface area contributed by atoms with Crippen molar-refractivity contribution in [1.82, 2.24) is 24.9 Å². The Hall–Kier alpha value is -1.31. The van der Waals surface area contributed by atoms with Crippen LogP contribution in [0.4, 0.5) is 0 Å². The number of rotatable bonds is 4. The quantitative estimate of drug-likeness (QED) is 0.861. The summed E-state index contributed by atoms with van der Waals surface area (Å²) in [5, 5.41) is 4.22. The number of aromatic nitrogens is 3. The molecule has 2 aromatic heterocycles. The first kappa shape index (κ1) is 14.3. The van der Waals surface area contributed by atoms with Gasteiger partial charge in [0.2, 0.25) is 5.89 Å². The van der Waals surface area contributed by atoms with Crippen LogP contribution in [-0.4, -0.2) is 51.6 Å². The van der Waals surface area contributed by atoms with Gasteiger partial charge in [0.1, 0.15) is 0 Å². The van der Waals surface area contributed by atoms with Gasteiger partial charge in [-0.15, -0.1) is 11.3 Å². The standard InChI is InChI=1S/C15H21N5OS/c1-10-13(22-9-16-10)8-20-6-11(7-20)14-17-15(21-18-14)12-4-3-5-19(12)2/h9,11-12H,3-8H2,1-2H3. The Morgan fingerprint density at radius 3 is 2.95 bits per heavy atom. The Balaban J connectivity index is 1.35. The van der Waals surface area contributed by atoms with Crippen LogP contribution in [0, 0.1) is 6.92 Å². The summed E-state index contributed by atoms with van der Waals surface area (Å²) in [5.41, 5.74) is 3.07. The third kappa shape index (κ3) is 2.57. The zero-order valence-corrected chi connectivity index (χ0v) is 13.8. The molecule has 2 aliphatic rings. The van der Waals surface area contributed by atoms with E-state index in [9.17, 15) is 0 Å². The molecule has 0 saturated carbocycles. The van der Waals surface area contributed by atoms with E-state index in [1.54, 1.807) is 11.3 Å². The molecule has 0 spiro atoms. The molecule has 0 aromatic carbocycles. The highest BCUT2D eigenvalue weighted by atomic mass is 32.1. The minimum Gasteiger partial charge on any atom is -0.338 e. The van der Waals surface area contributed by atoms with Gasteiger partial charge in [-0.05, 0) is 33.4 Å². The minimum atomic E-state index is 0.317. The van der Waals surface area contributed by atoms with Crippen molar-refractivity contribution < 1.29 is 4.52 Å². The molecule has 0 radical (unpaired) electrons. The van der Waals surface area contributed by atoms with Gasteiger partial charge in [-0.3, -0.25) is 9.80 Å². The van der Waals surface area contributed by atoms with E-state index in [4.69, 9.17) is 4.52 Å². The van der Waals surface area contributed by atoms with Gasteiger partial charge in [0, 0.05) is 30.4 Å². The zero-order valence-electron chi connectivity index (χ0n) is 13.0. The zero-order chi connectivity index (χ0) is 15.1. The molecule has 0 aliphatic carbocycles. The third-order valence-electron chi connectivity index (χ3n) is 4.80. The number of likely N-dealkylation sites (tertiary alicyclic amines) is 2. The van der Waals surface area contributed by atoms with E-state index in [1.165, 1.54) is 11.3 Å². The molecule has 2 fully saturated rings. The topological polar surface area (TPSA) is 58.3 Å². The third-order valence-corrected chi connectivity index (χ3v) is 5.72. The fourth-order valence-corrected chi connectivity index (χ4v) is 4.13. The largest absolute Gasteiger partial charge is 0.338 e. The summed E-state index contributed by atoms with van der Waals surface area (Å²) < 4.78 is 5.51. The van der Waals surface area contributed by atoms with Gasteiger partial charge in [-0.2, -0.15) is 4.98 Å². The number of nitrogens with zero attached hydrogens (tertiary/aromatic N) is 5. The van der Waals surface area contributed by atoms with Crippen LogP contribution < -0.4 is 0 Å². The van der Waals surface area contributed by atoms with Crippen LogP contribution in [0.1, 0.15) is 47.1 Å². The number of hydrogen-bond acceptors (Lipinski definition) is 7. The first-order valence-corrected chi connectivity index (χ1v) is 8.73. The van der Waals surface area contributed by atoms with Crippen LogP contribution >= 0.6 is 11.3 Å². The lowest BCUT2D eigenvalue weighted by molar-refractivity contribution is 0.134. The Kier molecular flexibility index (Phi) is 3.71. The number of aryl methyl sites for hydroxylation is 1. The second-order valence-corrected chi connectivity index (χ2v) is 7.32. The fraction of sp³-hybridized carbons (Fsp3) is 0.667. The van der Waals surface area contributed by atoms with Crippen molar-refractivity contribution in [3.63, 3.8) is 0 Å². The lowest BCUT2D eigenvalue weighted by atomic mass is 9.99. The molecule has 4 heterocycles. The van der Waals surface area contributed by atoms with E-state index in [0.29, 0.717) is 12.0 Å². The summed E-state index contributed by atoms with van der Waals surface area (Å²) in [6, 6.07) is 0.317. The summed E-state index contributed by atoms with van der Waals surface area (Å²) in [6.45, 7) is 6.21. The molecular weight excluding hydrogens is 298 g/mol. The summed E-state index contributed by atoms with van der Waals surface area (Å²) in [6.07, 6.45) is 2.34. The highest BCUT2D eigenvalue weighted by Gasteiger charge is 2.34. The van der Waals surface area contributed by atoms with Crippen LogP contribution in [0.2, 0.25) is 0 Å². The summed E-state index contributed by atoms with van der Waals surface area (Å²) in [4.78, 5) is 15.0. The molecule has 7 heteroatoms. The van der Waals surface area contributed by atoms with E-state index in [-0.39, 0.29) is 0 Å². The average Bonchev–Trinajstić information content (AvgIpc) is 3.15. The summed E-state index contributed by atoms with van der Waals surface area (Å²) >= 11 is 1.74. The highest BCUT2D eigenvalue weighted by Crippen LogP contribution is 2.32. The molecule has 2 saturated heterocycles. The number of hydrogen-bond donors (Lipinski definition) is 0. The molecule has 1 atom stereocenters. The predicted molar refractivity (Wildman–Crippen MR) is 83.8 cm³/mol. The molecule has 0 bridgehead atoms. The van der Waals surface area contributed by atoms with Crippen LogP contribution in [-0.2, 0) is 6.54 Å². The van der Waals surface area contributed by atoms with Crippen molar-refractivity contribution in [3.8, 4) is 0 Å². The SMILES string of the molecule is Cc1ncsc1CN1CC(c2noc(C3CCCN3C)n2)C1. The minimum absolute atomic E-state index is 0.317. The van der Waals surface area contributed by atoms with Gasteiger partial charge in [0.05, 0.1) is 17.2 Å². The molecule has 118 valence electrons. The predicted octanol–water partition coefficient (Wildman–Crippen LogP) is 2.20. The van der Waals surface area contributed by atoms with Crippen molar-refractivity contribution in [2.24, 2.45) is 0 Å². The van der Waals surface area contributed by atoms with E-state index in [1.807, 2.05) is 5.51 Å². The fourth-order valence-electron chi connectivity index (χ4n) is 3.31. The van der Waals surface area contributed by atoms with Crippen molar-refractivity contribution in [2.45, 2.75) is 38.3 Å². The molecule has 0 N–H and O–H groups in total. The normalized spacial score (nSPS) is 24.0. The summed E-state index contributed by atoms with van der Waals surface area (Å²) in [7, 11) is 2.13.